The molecule has 1 aromatic heterocycles. The van der Waals surface area contributed by atoms with Gasteiger partial charge in [0.1, 0.15) is 5.75 Å². The maximum absolute atomic E-state index is 12.7. The van der Waals surface area contributed by atoms with Gasteiger partial charge in [-0.3, -0.25) is 0 Å². The minimum atomic E-state index is -0.0685. The Balaban J connectivity index is 1.86. The number of nitrogens with zero attached hydrogens (tertiary/aromatic N) is 2. The average molecular weight is 341 g/mol. The highest BCUT2D eigenvalue weighted by Crippen LogP contribution is 2.33. The molecular formula is C20H27N3O2. The highest BCUT2D eigenvalue weighted by molar-refractivity contribution is 5.75. The lowest BCUT2D eigenvalue weighted by Crippen LogP contribution is -2.47. The van der Waals surface area contributed by atoms with Crippen molar-refractivity contribution in [2.45, 2.75) is 39.3 Å². The first-order chi connectivity index (χ1) is 12.2. The lowest BCUT2D eigenvalue weighted by atomic mass is 10.00. The van der Waals surface area contributed by atoms with Crippen molar-refractivity contribution >= 4 is 6.03 Å². The second-order valence-corrected chi connectivity index (χ2v) is 6.31. The van der Waals surface area contributed by atoms with Gasteiger partial charge in [-0.25, -0.2) is 4.79 Å². The number of fused-ring (bicyclic) bond motifs is 1. The van der Waals surface area contributed by atoms with E-state index in [1.165, 1.54) is 0 Å². The molecule has 0 spiro atoms. The van der Waals surface area contributed by atoms with Gasteiger partial charge in [0.05, 0.1) is 12.6 Å². The third-order valence-corrected chi connectivity index (χ3v) is 4.61. The Hall–Kier alpha value is -2.43. The fourth-order valence-corrected chi connectivity index (χ4v) is 3.34. The lowest BCUT2D eigenvalue weighted by Gasteiger charge is -2.37. The van der Waals surface area contributed by atoms with Crippen LogP contribution in [-0.4, -0.2) is 35.2 Å². The molecule has 0 radical (unpaired) electrons. The third kappa shape index (κ3) is 3.81. The molecule has 25 heavy (non-hydrogen) atoms. The summed E-state index contributed by atoms with van der Waals surface area (Å²) < 4.78 is 7.78. The van der Waals surface area contributed by atoms with Gasteiger partial charge in [0.25, 0.3) is 0 Å². The summed E-state index contributed by atoms with van der Waals surface area (Å²) in [5.74, 6) is 0.858. The summed E-state index contributed by atoms with van der Waals surface area (Å²) in [6, 6.07) is 12.2. The molecule has 1 aromatic carbocycles. The maximum Gasteiger partial charge on any atom is 0.318 e. The summed E-state index contributed by atoms with van der Waals surface area (Å²) in [5.41, 5.74) is 2.26. The number of ether oxygens (including phenoxy) is 1. The average Bonchev–Trinajstić information content (AvgIpc) is 3.11. The monoisotopic (exact) mass is 341 g/mol. The lowest BCUT2D eigenvalue weighted by molar-refractivity contribution is 0.168. The van der Waals surface area contributed by atoms with Crippen LogP contribution in [0.15, 0.2) is 42.6 Å². The minimum Gasteiger partial charge on any atom is -0.494 e. The molecule has 2 aromatic rings. The van der Waals surface area contributed by atoms with Crippen molar-refractivity contribution in [1.82, 2.24) is 14.8 Å². The second kappa shape index (κ2) is 8.10. The van der Waals surface area contributed by atoms with E-state index in [9.17, 15) is 4.79 Å². The zero-order valence-corrected chi connectivity index (χ0v) is 15.1. The smallest absolute Gasteiger partial charge is 0.318 e. The van der Waals surface area contributed by atoms with Gasteiger partial charge in [-0.15, -0.1) is 0 Å². The van der Waals surface area contributed by atoms with E-state index in [-0.39, 0.29) is 12.1 Å². The Morgan fingerprint density at radius 2 is 2.00 bits per heavy atom. The van der Waals surface area contributed by atoms with Crippen LogP contribution in [-0.2, 0) is 6.54 Å². The molecule has 0 saturated heterocycles. The van der Waals surface area contributed by atoms with E-state index in [0.717, 1.165) is 42.9 Å². The molecule has 134 valence electrons. The fraction of sp³-hybridized carbons (Fsp3) is 0.450. The van der Waals surface area contributed by atoms with E-state index >= 15 is 0 Å². The number of unbranched alkanes of at least 4 members (excludes halogenated alkanes) is 1. The number of aromatic nitrogens is 1. The molecule has 0 bridgehead atoms. The number of amides is 2. The number of hydrogen-bond acceptors (Lipinski definition) is 2. The van der Waals surface area contributed by atoms with Crippen LogP contribution >= 0.6 is 0 Å². The van der Waals surface area contributed by atoms with Crippen LogP contribution < -0.4 is 10.1 Å². The van der Waals surface area contributed by atoms with E-state index in [2.05, 4.69) is 47.3 Å². The first-order valence-corrected chi connectivity index (χ1v) is 9.16. The molecule has 5 heteroatoms. The molecule has 0 saturated carbocycles. The maximum atomic E-state index is 12.7. The van der Waals surface area contributed by atoms with Crippen molar-refractivity contribution < 1.29 is 9.53 Å². The number of urea groups is 1. The molecule has 1 unspecified atom stereocenters. The molecular weight excluding hydrogens is 314 g/mol. The summed E-state index contributed by atoms with van der Waals surface area (Å²) in [7, 11) is 0. The van der Waals surface area contributed by atoms with E-state index in [1.54, 1.807) is 0 Å². The van der Waals surface area contributed by atoms with Gasteiger partial charge in [-0.2, -0.15) is 0 Å². The van der Waals surface area contributed by atoms with Crippen LogP contribution in [0.25, 0.3) is 0 Å². The Labute approximate surface area is 149 Å². The molecule has 1 aliphatic heterocycles. The second-order valence-electron chi connectivity index (χ2n) is 6.31. The molecule has 1 aliphatic rings. The largest absolute Gasteiger partial charge is 0.494 e. The first-order valence-electron chi connectivity index (χ1n) is 9.16. The molecule has 0 aliphatic carbocycles. The standard InChI is InChI=1S/C20H27N3O2/c1-3-5-12-21-20(24)23-15-14-22-13-6-7-18(22)19(23)16-8-10-17(11-9-16)25-4-2/h6-11,13,19H,3-5,12,14-15H2,1-2H3,(H,21,24). The fourth-order valence-electron chi connectivity index (χ4n) is 3.34. The topological polar surface area (TPSA) is 46.5 Å². The van der Waals surface area contributed by atoms with Gasteiger partial charge in [-0.1, -0.05) is 25.5 Å². The van der Waals surface area contributed by atoms with E-state index < -0.39 is 0 Å². The van der Waals surface area contributed by atoms with Crippen molar-refractivity contribution in [1.29, 1.82) is 0 Å². The molecule has 0 fully saturated rings. The summed E-state index contributed by atoms with van der Waals surface area (Å²) in [4.78, 5) is 14.7. The van der Waals surface area contributed by atoms with Crippen LogP contribution in [0, 0.1) is 0 Å². The van der Waals surface area contributed by atoms with E-state index in [1.807, 2.05) is 24.0 Å². The molecule has 1 atom stereocenters. The Kier molecular flexibility index (Phi) is 5.64. The summed E-state index contributed by atoms with van der Waals surface area (Å²) in [6.07, 6.45) is 4.17. The predicted octanol–water partition coefficient (Wildman–Crippen LogP) is 3.80. The number of rotatable bonds is 6. The quantitative estimate of drug-likeness (QED) is 0.812. The zero-order chi connectivity index (χ0) is 17.6. The number of benzene rings is 1. The van der Waals surface area contributed by atoms with Crippen LogP contribution in [0.2, 0.25) is 0 Å². The highest BCUT2D eigenvalue weighted by atomic mass is 16.5. The zero-order valence-electron chi connectivity index (χ0n) is 15.1. The predicted molar refractivity (Wildman–Crippen MR) is 98.9 cm³/mol. The van der Waals surface area contributed by atoms with Crippen LogP contribution in [0.1, 0.15) is 44.0 Å². The van der Waals surface area contributed by atoms with Crippen molar-refractivity contribution in [2.24, 2.45) is 0 Å². The van der Waals surface area contributed by atoms with E-state index in [0.29, 0.717) is 13.2 Å². The third-order valence-electron chi connectivity index (χ3n) is 4.61. The highest BCUT2D eigenvalue weighted by Gasteiger charge is 2.31. The molecule has 3 rings (SSSR count). The normalized spacial score (nSPS) is 16.4. The Morgan fingerprint density at radius 3 is 2.72 bits per heavy atom. The molecule has 1 N–H and O–H groups in total. The van der Waals surface area contributed by atoms with Crippen LogP contribution in [0.3, 0.4) is 0 Å². The van der Waals surface area contributed by atoms with Crippen molar-refractivity contribution in [3.8, 4) is 5.75 Å². The van der Waals surface area contributed by atoms with Gasteiger partial charge in [0.2, 0.25) is 0 Å². The minimum absolute atomic E-state index is 0.0137. The van der Waals surface area contributed by atoms with Crippen LogP contribution in [0.4, 0.5) is 4.79 Å². The SMILES string of the molecule is CCCCNC(=O)N1CCn2cccc2C1c1ccc(OCC)cc1. The molecule has 2 heterocycles. The number of hydrogen-bond donors (Lipinski definition) is 1. The molecule has 5 nitrogen and oxygen atoms in total. The van der Waals surface area contributed by atoms with Gasteiger partial charge >= 0.3 is 6.03 Å². The molecule has 2 amide bonds. The Morgan fingerprint density at radius 1 is 1.20 bits per heavy atom. The van der Waals surface area contributed by atoms with Gasteiger partial charge in [0.15, 0.2) is 0 Å². The van der Waals surface area contributed by atoms with Crippen molar-refractivity contribution in [2.75, 3.05) is 19.7 Å². The Bertz CT molecular complexity index is 693. The number of carbonyl (C=O) groups is 1. The van der Waals surface area contributed by atoms with Crippen LogP contribution in [0.5, 0.6) is 5.75 Å². The summed E-state index contributed by atoms with van der Waals surface area (Å²) in [6.45, 7) is 7.02. The van der Waals surface area contributed by atoms with Gasteiger partial charge in [0, 0.05) is 31.5 Å². The first kappa shape index (κ1) is 17.4. The number of nitrogens with one attached hydrogen (secondary N) is 1. The van der Waals surface area contributed by atoms with E-state index in [4.69, 9.17) is 4.74 Å². The van der Waals surface area contributed by atoms with Gasteiger partial charge < -0.3 is 19.5 Å². The summed E-state index contributed by atoms with van der Waals surface area (Å²) >= 11 is 0. The number of carbonyl (C=O) groups excluding carboxylic acids is 1. The van der Waals surface area contributed by atoms with Crippen molar-refractivity contribution in [3.63, 3.8) is 0 Å². The summed E-state index contributed by atoms with van der Waals surface area (Å²) in [5, 5.41) is 3.06. The van der Waals surface area contributed by atoms with Crippen molar-refractivity contribution in [3.05, 3.63) is 53.9 Å². The van der Waals surface area contributed by atoms with Gasteiger partial charge in [-0.05, 0) is 43.2 Å².